The molecule has 0 aromatic rings. The first kappa shape index (κ1) is 16.8. The quantitative estimate of drug-likeness (QED) is 0.730. The molecule has 134 valence electrons. The molecule has 24 heavy (non-hydrogen) atoms. The van der Waals surface area contributed by atoms with Gasteiger partial charge in [0.05, 0.1) is 5.60 Å². The van der Waals surface area contributed by atoms with Crippen LogP contribution in [0.4, 0.5) is 0 Å². The Morgan fingerprint density at radius 2 is 1.71 bits per heavy atom. The molecule has 0 aliphatic heterocycles. The van der Waals surface area contributed by atoms with Crippen LogP contribution < -0.4 is 0 Å². The monoisotopic (exact) mass is 330 g/mol. The molecule has 5 unspecified atom stereocenters. The molecule has 0 spiro atoms. The van der Waals surface area contributed by atoms with Crippen molar-refractivity contribution < 1.29 is 9.90 Å². The Hall–Kier alpha value is -0.630. The van der Waals surface area contributed by atoms with Gasteiger partial charge in [0.2, 0.25) is 0 Å². The van der Waals surface area contributed by atoms with Crippen LogP contribution in [-0.2, 0) is 4.79 Å². The largest absolute Gasteiger partial charge is 0.390 e. The molecule has 4 aliphatic carbocycles. The van der Waals surface area contributed by atoms with E-state index in [1.807, 2.05) is 0 Å². The number of hydrogen-bond donors (Lipinski definition) is 1. The molecule has 0 amide bonds. The summed E-state index contributed by atoms with van der Waals surface area (Å²) in [6.45, 7) is 9.06. The number of fused-ring (bicyclic) bond motifs is 5. The SMILES string of the molecule is CCC1=C2CCC3C(CCC4(C)C3CC[C@]4(C)O)C2(C)CCC1=O. The van der Waals surface area contributed by atoms with Gasteiger partial charge < -0.3 is 5.11 Å². The van der Waals surface area contributed by atoms with Gasteiger partial charge in [-0.3, -0.25) is 4.79 Å². The van der Waals surface area contributed by atoms with Gasteiger partial charge in [0.15, 0.2) is 5.78 Å². The minimum absolute atomic E-state index is 0.101. The van der Waals surface area contributed by atoms with Crippen molar-refractivity contribution in [3.8, 4) is 0 Å². The van der Waals surface area contributed by atoms with Crippen molar-refractivity contribution in [3.05, 3.63) is 11.1 Å². The number of hydrogen-bond acceptors (Lipinski definition) is 2. The van der Waals surface area contributed by atoms with Gasteiger partial charge >= 0.3 is 0 Å². The maximum atomic E-state index is 12.4. The average molecular weight is 331 g/mol. The lowest BCUT2D eigenvalue weighted by Gasteiger charge is -2.59. The maximum absolute atomic E-state index is 12.4. The van der Waals surface area contributed by atoms with Crippen LogP contribution in [0, 0.1) is 28.6 Å². The second-order valence-electron chi connectivity index (χ2n) is 9.84. The van der Waals surface area contributed by atoms with Crippen molar-refractivity contribution in [1.82, 2.24) is 0 Å². The third-order valence-electron chi connectivity index (χ3n) is 9.16. The third-order valence-corrected chi connectivity index (χ3v) is 9.16. The normalized spacial score (nSPS) is 51.2. The van der Waals surface area contributed by atoms with Gasteiger partial charge in [-0.15, -0.1) is 0 Å². The molecular weight excluding hydrogens is 296 g/mol. The lowest BCUT2D eigenvalue weighted by Crippen LogP contribution is -2.54. The number of rotatable bonds is 1. The summed E-state index contributed by atoms with van der Waals surface area (Å²) in [6, 6.07) is 0. The van der Waals surface area contributed by atoms with Crippen LogP contribution in [0.3, 0.4) is 0 Å². The molecule has 0 heterocycles. The van der Waals surface area contributed by atoms with Crippen LogP contribution >= 0.6 is 0 Å². The van der Waals surface area contributed by atoms with Gasteiger partial charge in [-0.05, 0) is 92.4 Å². The van der Waals surface area contributed by atoms with E-state index in [1.54, 1.807) is 0 Å². The molecule has 0 aromatic carbocycles. The van der Waals surface area contributed by atoms with Crippen molar-refractivity contribution in [1.29, 1.82) is 0 Å². The Morgan fingerprint density at radius 3 is 2.42 bits per heavy atom. The topological polar surface area (TPSA) is 37.3 Å². The number of carbonyl (C=O) groups excluding carboxylic acids is 1. The first-order chi connectivity index (χ1) is 11.2. The Balaban J connectivity index is 1.73. The maximum Gasteiger partial charge on any atom is 0.158 e. The Morgan fingerprint density at radius 1 is 1.00 bits per heavy atom. The molecular formula is C22H34O2. The first-order valence-electron chi connectivity index (χ1n) is 10.2. The molecule has 6 atom stereocenters. The zero-order valence-electron chi connectivity index (χ0n) is 16.0. The predicted molar refractivity (Wildman–Crippen MR) is 96.6 cm³/mol. The zero-order chi connectivity index (χ0) is 17.3. The fraction of sp³-hybridized carbons (Fsp3) is 0.864. The highest BCUT2D eigenvalue weighted by Crippen LogP contribution is 2.67. The van der Waals surface area contributed by atoms with Crippen molar-refractivity contribution in [2.75, 3.05) is 0 Å². The summed E-state index contributed by atoms with van der Waals surface area (Å²) in [7, 11) is 0. The van der Waals surface area contributed by atoms with Gasteiger partial charge in [0.25, 0.3) is 0 Å². The van der Waals surface area contributed by atoms with Crippen LogP contribution in [-0.4, -0.2) is 16.5 Å². The molecule has 3 saturated carbocycles. The second-order valence-corrected chi connectivity index (χ2v) is 9.84. The van der Waals surface area contributed by atoms with Crippen LogP contribution in [0.2, 0.25) is 0 Å². The van der Waals surface area contributed by atoms with Crippen LogP contribution in [0.15, 0.2) is 11.1 Å². The van der Waals surface area contributed by atoms with Crippen molar-refractivity contribution in [2.45, 2.75) is 91.1 Å². The Labute approximate surface area is 147 Å². The molecule has 0 radical (unpaired) electrons. The molecule has 2 heteroatoms. The molecule has 0 saturated heterocycles. The summed E-state index contributed by atoms with van der Waals surface area (Å²) in [5.74, 6) is 2.57. The van der Waals surface area contributed by atoms with Gasteiger partial charge in [0.1, 0.15) is 0 Å². The van der Waals surface area contributed by atoms with Crippen molar-refractivity contribution in [3.63, 3.8) is 0 Å². The minimum Gasteiger partial charge on any atom is -0.390 e. The van der Waals surface area contributed by atoms with Gasteiger partial charge in [-0.2, -0.15) is 0 Å². The lowest BCUT2D eigenvalue weighted by atomic mass is 9.46. The van der Waals surface area contributed by atoms with Crippen LogP contribution in [0.5, 0.6) is 0 Å². The summed E-state index contributed by atoms with van der Waals surface area (Å²) in [6.07, 6.45) is 9.65. The van der Waals surface area contributed by atoms with Gasteiger partial charge in [-0.25, -0.2) is 0 Å². The molecule has 1 N–H and O–H groups in total. The van der Waals surface area contributed by atoms with Gasteiger partial charge in [0, 0.05) is 6.42 Å². The number of Topliss-reactive ketones (excluding diaryl/α,β-unsaturated/α-hetero) is 1. The number of carbonyl (C=O) groups is 1. The van der Waals surface area contributed by atoms with E-state index in [1.165, 1.54) is 30.4 Å². The minimum atomic E-state index is -0.489. The van der Waals surface area contributed by atoms with E-state index in [9.17, 15) is 9.90 Å². The Bertz CT molecular complexity index is 601. The van der Waals surface area contributed by atoms with E-state index in [4.69, 9.17) is 0 Å². The van der Waals surface area contributed by atoms with Gasteiger partial charge in [-0.1, -0.05) is 26.3 Å². The van der Waals surface area contributed by atoms with Crippen LogP contribution in [0.1, 0.15) is 85.5 Å². The highest BCUT2D eigenvalue weighted by atomic mass is 16.3. The molecule has 4 aliphatic rings. The summed E-state index contributed by atoms with van der Waals surface area (Å²) in [4.78, 5) is 12.4. The zero-order valence-corrected chi connectivity index (χ0v) is 16.0. The summed E-state index contributed by atoms with van der Waals surface area (Å²) < 4.78 is 0. The van der Waals surface area contributed by atoms with E-state index >= 15 is 0 Å². The van der Waals surface area contributed by atoms with Crippen molar-refractivity contribution >= 4 is 5.78 Å². The fourth-order valence-electron chi connectivity index (χ4n) is 7.48. The molecule has 2 nitrogen and oxygen atoms in total. The molecule has 4 rings (SSSR count). The van der Waals surface area contributed by atoms with Crippen LogP contribution in [0.25, 0.3) is 0 Å². The first-order valence-corrected chi connectivity index (χ1v) is 10.2. The highest BCUT2D eigenvalue weighted by molar-refractivity contribution is 5.97. The predicted octanol–water partition coefficient (Wildman–Crippen LogP) is 5.05. The second kappa shape index (κ2) is 5.19. The number of allylic oxidation sites excluding steroid dienone is 1. The molecule has 0 aromatic heterocycles. The lowest BCUT2D eigenvalue weighted by molar-refractivity contribution is -0.125. The standard InChI is InChI=1S/C22H34O2/c1-5-14-16-7-6-15-17(20(16,2)11-10-19(14)23)8-12-21(3)18(15)9-13-22(21,4)24/h15,17-18,24H,5-13H2,1-4H3/t15?,17?,18?,20?,21?,22-/m0/s1. The number of aliphatic hydroxyl groups is 1. The van der Waals surface area contributed by atoms with E-state index in [-0.39, 0.29) is 10.8 Å². The number of ketones is 1. The summed E-state index contributed by atoms with van der Waals surface area (Å²) in [5.41, 5.74) is 2.56. The van der Waals surface area contributed by atoms with Crippen molar-refractivity contribution in [2.24, 2.45) is 28.6 Å². The average Bonchev–Trinajstić information content (AvgIpc) is 2.78. The van der Waals surface area contributed by atoms with E-state index in [2.05, 4.69) is 27.7 Å². The van der Waals surface area contributed by atoms with E-state index < -0.39 is 5.60 Å². The summed E-state index contributed by atoms with van der Waals surface area (Å²) in [5, 5.41) is 11.0. The third kappa shape index (κ3) is 1.95. The molecule has 0 bridgehead atoms. The molecule has 3 fully saturated rings. The smallest absolute Gasteiger partial charge is 0.158 e. The van der Waals surface area contributed by atoms with E-state index in [0.29, 0.717) is 11.7 Å². The Kier molecular flexibility index (Phi) is 3.64. The van der Waals surface area contributed by atoms with E-state index in [0.717, 1.165) is 50.4 Å². The fourth-order valence-corrected chi connectivity index (χ4v) is 7.48. The summed E-state index contributed by atoms with van der Waals surface area (Å²) >= 11 is 0. The highest BCUT2D eigenvalue weighted by Gasteiger charge is 2.62.